The van der Waals surface area contributed by atoms with Gasteiger partial charge < -0.3 is 20.5 Å². The molecular weight excluding hydrogens is 318 g/mol. The van der Waals surface area contributed by atoms with Crippen LogP contribution in [-0.2, 0) is 19.1 Å². The molecule has 0 spiro atoms. The third-order valence-corrected chi connectivity index (χ3v) is 3.80. The highest BCUT2D eigenvalue weighted by Gasteiger charge is 2.42. The van der Waals surface area contributed by atoms with Crippen molar-refractivity contribution >= 4 is 35.2 Å². The molecule has 4 amide bonds. The summed E-state index contributed by atoms with van der Waals surface area (Å²) in [5, 5.41) is 14.0. The molecule has 1 aromatic rings. The first kappa shape index (κ1) is 17.4. The highest BCUT2D eigenvalue weighted by atomic mass is 16.5. The molecule has 1 aromatic carbocycles. The van der Waals surface area contributed by atoms with Crippen LogP contribution < -0.4 is 15.5 Å². The molecule has 1 fully saturated rings. The van der Waals surface area contributed by atoms with Gasteiger partial charge in [-0.15, -0.1) is 0 Å². The number of nitrogens with zero attached hydrogens (tertiary/aromatic N) is 1. The molecule has 128 valence electrons. The number of methoxy groups -OCH3 is 1. The minimum absolute atomic E-state index is 0.102. The van der Waals surface area contributed by atoms with Crippen molar-refractivity contribution in [3.8, 4) is 0 Å². The first-order valence-corrected chi connectivity index (χ1v) is 7.02. The van der Waals surface area contributed by atoms with E-state index in [-0.39, 0.29) is 12.2 Å². The van der Waals surface area contributed by atoms with E-state index in [0.29, 0.717) is 11.3 Å². The summed E-state index contributed by atoms with van der Waals surface area (Å²) < 4.78 is 4.78. The molecule has 1 aliphatic heterocycles. The van der Waals surface area contributed by atoms with Crippen LogP contribution in [0.3, 0.4) is 0 Å². The number of imide groups is 1. The standard InChI is InChI=1S/C15H17N3O6/c1-8-4-5-9(17-12(20)15(2,24-3)13(21)22)6-10(8)18-11(19)7-16-14(18)23/h4-6H,7H2,1-3H3,(H,16,23)(H,17,20)(H,21,22). The average molecular weight is 335 g/mol. The number of anilines is 2. The van der Waals surface area contributed by atoms with Crippen LogP contribution in [-0.4, -0.2) is 48.2 Å². The number of ether oxygens (including phenoxy) is 1. The Balaban J connectivity index is 2.32. The smallest absolute Gasteiger partial charge is 0.345 e. The Labute approximate surface area is 137 Å². The number of hydrogen-bond donors (Lipinski definition) is 3. The summed E-state index contributed by atoms with van der Waals surface area (Å²) in [4.78, 5) is 48.0. The molecule has 1 heterocycles. The number of carbonyl (C=O) groups excluding carboxylic acids is 3. The van der Waals surface area contributed by atoms with Crippen LogP contribution in [0, 0.1) is 6.92 Å². The quantitative estimate of drug-likeness (QED) is 0.531. The van der Waals surface area contributed by atoms with E-state index >= 15 is 0 Å². The molecule has 9 heteroatoms. The predicted molar refractivity (Wildman–Crippen MR) is 83.7 cm³/mol. The number of carboxylic acid groups (broad SMARTS) is 1. The van der Waals surface area contributed by atoms with Crippen LogP contribution in [0.5, 0.6) is 0 Å². The molecule has 24 heavy (non-hydrogen) atoms. The monoisotopic (exact) mass is 335 g/mol. The minimum Gasteiger partial charge on any atom is -0.479 e. The number of nitrogens with one attached hydrogen (secondary N) is 2. The number of aliphatic carboxylic acids is 1. The van der Waals surface area contributed by atoms with Crippen molar-refractivity contribution in [2.45, 2.75) is 19.4 Å². The molecule has 3 N–H and O–H groups in total. The summed E-state index contributed by atoms with van der Waals surface area (Å²) in [6.45, 7) is 2.73. The Bertz CT molecular complexity index is 716. The number of urea groups is 1. The zero-order valence-corrected chi connectivity index (χ0v) is 13.4. The van der Waals surface area contributed by atoms with Gasteiger partial charge in [-0.05, 0) is 31.5 Å². The Morgan fingerprint density at radius 2 is 2.04 bits per heavy atom. The van der Waals surface area contributed by atoms with Crippen molar-refractivity contribution in [2.75, 3.05) is 23.9 Å². The first-order valence-electron chi connectivity index (χ1n) is 7.02. The molecule has 1 saturated heterocycles. The first-order chi connectivity index (χ1) is 11.2. The third-order valence-electron chi connectivity index (χ3n) is 3.80. The highest BCUT2D eigenvalue weighted by molar-refractivity contribution is 6.20. The van der Waals surface area contributed by atoms with Crippen LogP contribution in [0.2, 0.25) is 0 Å². The van der Waals surface area contributed by atoms with Crippen molar-refractivity contribution in [1.29, 1.82) is 0 Å². The van der Waals surface area contributed by atoms with Gasteiger partial charge in [0, 0.05) is 12.8 Å². The van der Waals surface area contributed by atoms with Gasteiger partial charge in [-0.2, -0.15) is 0 Å². The summed E-state index contributed by atoms with van der Waals surface area (Å²) in [6.07, 6.45) is 0. The Hall–Kier alpha value is -2.94. The predicted octanol–water partition coefficient (Wildman–Crippen LogP) is 0.479. The normalized spacial score (nSPS) is 16.5. The van der Waals surface area contributed by atoms with E-state index < -0.39 is 29.4 Å². The Kier molecular flexibility index (Phi) is 4.56. The molecule has 0 aromatic heterocycles. The fourth-order valence-electron chi connectivity index (χ4n) is 2.12. The zero-order chi connectivity index (χ0) is 18.1. The van der Waals surface area contributed by atoms with Gasteiger partial charge in [0.1, 0.15) is 0 Å². The number of benzene rings is 1. The van der Waals surface area contributed by atoms with Crippen molar-refractivity contribution in [2.24, 2.45) is 0 Å². The molecular formula is C15H17N3O6. The van der Waals surface area contributed by atoms with Crippen LogP contribution in [0.15, 0.2) is 18.2 Å². The zero-order valence-electron chi connectivity index (χ0n) is 13.4. The Morgan fingerprint density at radius 3 is 2.54 bits per heavy atom. The SMILES string of the molecule is COC(C)(C(=O)O)C(=O)Nc1ccc(C)c(N2C(=O)CNC2=O)c1. The van der Waals surface area contributed by atoms with Gasteiger partial charge in [0.2, 0.25) is 5.60 Å². The van der Waals surface area contributed by atoms with Crippen LogP contribution in [0.4, 0.5) is 16.2 Å². The van der Waals surface area contributed by atoms with E-state index in [1.165, 1.54) is 12.1 Å². The Morgan fingerprint density at radius 1 is 1.38 bits per heavy atom. The number of rotatable bonds is 5. The number of carbonyl (C=O) groups is 4. The molecule has 0 radical (unpaired) electrons. The molecule has 2 rings (SSSR count). The van der Waals surface area contributed by atoms with Crippen molar-refractivity contribution in [3.05, 3.63) is 23.8 Å². The van der Waals surface area contributed by atoms with Gasteiger partial charge >= 0.3 is 12.0 Å². The second-order valence-electron chi connectivity index (χ2n) is 5.39. The van der Waals surface area contributed by atoms with E-state index in [4.69, 9.17) is 9.84 Å². The van der Waals surface area contributed by atoms with E-state index in [1.807, 2.05) is 0 Å². The summed E-state index contributed by atoms with van der Waals surface area (Å²) >= 11 is 0. The van der Waals surface area contributed by atoms with Crippen LogP contribution >= 0.6 is 0 Å². The fourth-order valence-corrected chi connectivity index (χ4v) is 2.12. The van der Waals surface area contributed by atoms with Gasteiger partial charge in [0.15, 0.2) is 0 Å². The van der Waals surface area contributed by atoms with Crippen molar-refractivity contribution < 1.29 is 29.0 Å². The van der Waals surface area contributed by atoms with Gasteiger partial charge in [-0.3, -0.25) is 9.59 Å². The van der Waals surface area contributed by atoms with Gasteiger partial charge in [-0.1, -0.05) is 6.07 Å². The largest absolute Gasteiger partial charge is 0.479 e. The second-order valence-corrected chi connectivity index (χ2v) is 5.39. The van der Waals surface area contributed by atoms with Crippen molar-refractivity contribution in [3.63, 3.8) is 0 Å². The molecule has 1 aliphatic rings. The third kappa shape index (κ3) is 2.93. The maximum absolute atomic E-state index is 12.2. The van der Waals surface area contributed by atoms with Crippen LogP contribution in [0.25, 0.3) is 0 Å². The lowest BCUT2D eigenvalue weighted by Crippen LogP contribution is -2.48. The topological polar surface area (TPSA) is 125 Å². The number of amides is 4. The van der Waals surface area contributed by atoms with Crippen molar-refractivity contribution in [1.82, 2.24) is 5.32 Å². The average Bonchev–Trinajstić information content (AvgIpc) is 2.87. The van der Waals surface area contributed by atoms with E-state index in [9.17, 15) is 19.2 Å². The molecule has 0 bridgehead atoms. The van der Waals surface area contributed by atoms with E-state index in [0.717, 1.165) is 18.9 Å². The summed E-state index contributed by atoms with van der Waals surface area (Å²) in [7, 11) is 1.11. The summed E-state index contributed by atoms with van der Waals surface area (Å²) in [6, 6.07) is 4.01. The second kappa shape index (κ2) is 6.28. The fraction of sp³-hybridized carbons (Fsp3) is 0.333. The number of hydrogen-bond acceptors (Lipinski definition) is 5. The molecule has 1 unspecified atom stereocenters. The van der Waals surface area contributed by atoms with Gasteiger partial charge in [-0.25, -0.2) is 14.5 Å². The van der Waals surface area contributed by atoms with E-state index in [2.05, 4.69) is 10.6 Å². The lowest BCUT2D eigenvalue weighted by atomic mass is 10.1. The number of aryl methyl sites for hydroxylation is 1. The van der Waals surface area contributed by atoms with Gasteiger partial charge in [0.25, 0.3) is 11.8 Å². The minimum atomic E-state index is -2.06. The van der Waals surface area contributed by atoms with Crippen LogP contribution in [0.1, 0.15) is 12.5 Å². The maximum Gasteiger partial charge on any atom is 0.345 e. The lowest BCUT2D eigenvalue weighted by Gasteiger charge is -2.22. The maximum atomic E-state index is 12.2. The summed E-state index contributed by atoms with van der Waals surface area (Å²) in [5.41, 5.74) is -0.877. The summed E-state index contributed by atoms with van der Waals surface area (Å²) in [5.74, 6) is -2.74. The number of carboxylic acids is 1. The molecule has 1 atom stereocenters. The molecule has 0 aliphatic carbocycles. The van der Waals surface area contributed by atoms with E-state index in [1.54, 1.807) is 13.0 Å². The molecule has 0 saturated carbocycles. The molecule has 9 nitrogen and oxygen atoms in total. The van der Waals surface area contributed by atoms with Gasteiger partial charge in [0.05, 0.1) is 12.2 Å². The highest BCUT2D eigenvalue weighted by Crippen LogP contribution is 2.27. The lowest BCUT2D eigenvalue weighted by molar-refractivity contribution is -0.165.